The standard InChI is InChI=1S/C20H21ClN4O4S/c1-30(27,28)18-3-2-14(9-17(18)21)16(8-13-4-6-29-7-5-13)20(26)25-19-12-23-15(10-22)11-24-19/h2-3,9,11-13,16H,4-8H2,1H3,(H,24,25,26). The van der Waals surface area contributed by atoms with Crippen LogP contribution in [-0.2, 0) is 19.4 Å². The Bertz CT molecular complexity index is 1060. The maximum absolute atomic E-state index is 13.1. The van der Waals surface area contributed by atoms with Crippen LogP contribution in [0.3, 0.4) is 0 Å². The molecule has 2 aromatic rings. The van der Waals surface area contributed by atoms with Crippen LogP contribution in [0.25, 0.3) is 0 Å². The van der Waals surface area contributed by atoms with E-state index in [-0.39, 0.29) is 33.3 Å². The summed E-state index contributed by atoms with van der Waals surface area (Å²) in [5.41, 5.74) is 0.771. The van der Waals surface area contributed by atoms with Gasteiger partial charge in [0.2, 0.25) is 5.91 Å². The number of nitrogens with one attached hydrogen (secondary N) is 1. The monoisotopic (exact) mass is 448 g/mol. The van der Waals surface area contributed by atoms with E-state index in [1.165, 1.54) is 24.5 Å². The number of ether oxygens (including phenoxy) is 1. The topological polar surface area (TPSA) is 122 Å². The van der Waals surface area contributed by atoms with Gasteiger partial charge in [0.05, 0.1) is 28.2 Å². The minimum Gasteiger partial charge on any atom is -0.381 e. The van der Waals surface area contributed by atoms with E-state index < -0.39 is 15.8 Å². The van der Waals surface area contributed by atoms with E-state index in [0.717, 1.165) is 19.1 Å². The number of nitrogens with zero attached hydrogens (tertiary/aromatic N) is 3. The van der Waals surface area contributed by atoms with Crippen LogP contribution in [0.1, 0.15) is 36.4 Å². The Hall–Kier alpha value is -2.54. The molecule has 1 N–H and O–H groups in total. The molecule has 2 heterocycles. The van der Waals surface area contributed by atoms with E-state index in [9.17, 15) is 13.2 Å². The number of hydrogen-bond donors (Lipinski definition) is 1. The highest BCUT2D eigenvalue weighted by atomic mass is 35.5. The van der Waals surface area contributed by atoms with Crippen molar-refractivity contribution in [3.8, 4) is 6.07 Å². The third-order valence-electron chi connectivity index (χ3n) is 5.00. The van der Waals surface area contributed by atoms with Gasteiger partial charge in [-0.25, -0.2) is 18.4 Å². The van der Waals surface area contributed by atoms with E-state index in [1.54, 1.807) is 6.07 Å². The van der Waals surface area contributed by atoms with E-state index in [4.69, 9.17) is 21.6 Å². The molecule has 8 nitrogen and oxygen atoms in total. The molecule has 1 aliphatic heterocycles. The Kier molecular flexibility index (Phi) is 7.02. The summed E-state index contributed by atoms with van der Waals surface area (Å²) in [6, 6.07) is 6.46. The van der Waals surface area contributed by atoms with Gasteiger partial charge in [0, 0.05) is 19.5 Å². The lowest BCUT2D eigenvalue weighted by Gasteiger charge is -2.26. The summed E-state index contributed by atoms with van der Waals surface area (Å²) < 4.78 is 29.1. The van der Waals surface area contributed by atoms with Crippen molar-refractivity contribution in [2.45, 2.75) is 30.1 Å². The summed E-state index contributed by atoms with van der Waals surface area (Å²) in [5, 5.41) is 11.6. The first-order valence-corrected chi connectivity index (χ1v) is 11.6. The Morgan fingerprint density at radius 2 is 2.07 bits per heavy atom. The van der Waals surface area contributed by atoms with Crippen molar-refractivity contribution in [3.05, 3.63) is 46.9 Å². The van der Waals surface area contributed by atoms with E-state index in [0.29, 0.717) is 25.2 Å². The van der Waals surface area contributed by atoms with Crippen LogP contribution >= 0.6 is 11.6 Å². The molecule has 1 aliphatic rings. The molecule has 1 saturated heterocycles. The van der Waals surface area contributed by atoms with Crippen LogP contribution in [-0.4, -0.2) is 43.8 Å². The minimum absolute atomic E-state index is 0.0242. The molecule has 10 heteroatoms. The van der Waals surface area contributed by atoms with Crippen molar-refractivity contribution in [1.82, 2.24) is 9.97 Å². The Balaban J connectivity index is 1.88. The molecule has 0 spiro atoms. The lowest BCUT2D eigenvalue weighted by Crippen LogP contribution is -2.26. The summed E-state index contributed by atoms with van der Waals surface area (Å²) >= 11 is 6.22. The number of anilines is 1. The van der Waals surface area contributed by atoms with Gasteiger partial charge in [-0.2, -0.15) is 5.26 Å². The van der Waals surface area contributed by atoms with Gasteiger partial charge in [-0.15, -0.1) is 0 Å². The number of amides is 1. The highest BCUT2D eigenvalue weighted by molar-refractivity contribution is 7.90. The average molecular weight is 449 g/mol. The fraction of sp³-hybridized carbons (Fsp3) is 0.400. The molecule has 3 rings (SSSR count). The Labute approximate surface area is 180 Å². The van der Waals surface area contributed by atoms with Crippen molar-refractivity contribution in [2.75, 3.05) is 24.8 Å². The van der Waals surface area contributed by atoms with Crippen LogP contribution in [0.5, 0.6) is 0 Å². The normalized spacial score (nSPS) is 15.9. The van der Waals surface area contributed by atoms with Gasteiger partial charge in [-0.3, -0.25) is 4.79 Å². The number of halogens is 1. The lowest BCUT2D eigenvalue weighted by molar-refractivity contribution is -0.118. The fourth-order valence-corrected chi connectivity index (χ4v) is 4.75. The molecule has 1 aromatic carbocycles. The summed E-state index contributed by atoms with van der Waals surface area (Å²) in [7, 11) is -3.47. The molecule has 0 aliphatic carbocycles. The molecule has 1 fully saturated rings. The van der Waals surface area contributed by atoms with Crippen LogP contribution in [0.4, 0.5) is 5.82 Å². The zero-order valence-electron chi connectivity index (χ0n) is 16.3. The molecule has 1 aromatic heterocycles. The molecule has 1 atom stereocenters. The molecule has 0 saturated carbocycles. The number of nitriles is 1. The summed E-state index contributed by atoms with van der Waals surface area (Å²) in [6.07, 6.45) is 5.94. The second-order valence-electron chi connectivity index (χ2n) is 7.19. The first-order chi connectivity index (χ1) is 14.3. The summed E-state index contributed by atoms with van der Waals surface area (Å²) in [5.74, 6) is -0.343. The maximum atomic E-state index is 13.1. The molecule has 0 bridgehead atoms. The number of aromatic nitrogens is 2. The number of rotatable bonds is 6. The van der Waals surface area contributed by atoms with Crippen LogP contribution < -0.4 is 5.32 Å². The van der Waals surface area contributed by atoms with Crippen molar-refractivity contribution in [1.29, 1.82) is 5.26 Å². The molecule has 158 valence electrons. The Morgan fingerprint density at radius 1 is 1.33 bits per heavy atom. The summed E-state index contributed by atoms with van der Waals surface area (Å²) in [6.45, 7) is 1.29. The summed E-state index contributed by atoms with van der Waals surface area (Å²) in [4.78, 5) is 21.1. The van der Waals surface area contributed by atoms with Crippen molar-refractivity contribution in [3.63, 3.8) is 0 Å². The molecule has 1 unspecified atom stereocenters. The maximum Gasteiger partial charge on any atom is 0.233 e. The third kappa shape index (κ3) is 5.53. The second kappa shape index (κ2) is 9.51. The number of sulfone groups is 1. The fourth-order valence-electron chi connectivity index (χ4n) is 3.41. The zero-order chi connectivity index (χ0) is 21.7. The van der Waals surface area contributed by atoms with Gasteiger partial charge < -0.3 is 10.1 Å². The van der Waals surface area contributed by atoms with Gasteiger partial charge in [0.15, 0.2) is 21.3 Å². The smallest absolute Gasteiger partial charge is 0.233 e. The molecule has 1 amide bonds. The van der Waals surface area contributed by atoms with Gasteiger partial charge in [-0.1, -0.05) is 17.7 Å². The van der Waals surface area contributed by atoms with E-state index >= 15 is 0 Å². The van der Waals surface area contributed by atoms with Crippen molar-refractivity contribution in [2.24, 2.45) is 5.92 Å². The first kappa shape index (κ1) is 22.2. The van der Waals surface area contributed by atoms with E-state index in [2.05, 4.69) is 15.3 Å². The van der Waals surface area contributed by atoms with Crippen molar-refractivity contribution < 1.29 is 17.9 Å². The SMILES string of the molecule is CS(=O)(=O)c1ccc(C(CC2CCOCC2)C(=O)Nc2cnc(C#N)cn2)cc1Cl. The Morgan fingerprint density at radius 3 is 2.63 bits per heavy atom. The van der Waals surface area contributed by atoms with Gasteiger partial charge in [0.1, 0.15) is 6.07 Å². The number of carbonyl (C=O) groups excluding carboxylic acids is 1. The molecule has 0 radical (unpaired) electrons. The average Bonchev–Trinajstić information content (AvgIpc) is 2.72. The van der Waals surface area contributed by atoms with Crippen molar-refractivity contribution >= 4 is 33.2 Å². The second-order valence-corrected chi connectivity index (χ2v) is 9.59. The predicted molar refractivity (Wildman–Crippen MR) is 111 cm³/mol. The first-order valence-electron chi connectivity index (χ1n) is 9.38. The minimum atomic E-state index is -3.47. The number of hydrogen-bond acceptors (Lipinski definition) is 7. The van der Waals surface area contributed by atoms with Gasteiger partial charge >= 0.3 is 0 Å². The molecular formula is C20H21ClN4O4S. The van der Waals surface area contributed by atoms with Crippen LogP contribution in [0.2, 0.25) is 5.02 Å². The van der Waals surface area contributed by atoms with E-state index in [1.807, 2.05) is 6.07 Å². The van der Waals surface area contributed by atoms with Gasteiger partial charge in [0.25, 0.3) is 0 Å². The van der Waals surface area contributed by atoms with Crippen LogP contribution in [0, 0.1) is 17.2 Å². The zero-order valence-corrected chi connectivity index (χ0v) is 17.9. The highest BCUT2D eigenvalue weighted by Crippen LogP contribution is 2.33. The largest absolute Gasteiger partial charge is 0.381 e. The quantitative estimate of drug-likeness (QED) is 0.720. The number of benzene rings is 1. The highest BCUT2D eigenvalue weighted by Gasteiger charge is 2.27. The number of carbonyl (C=O) groups is 1. The van der Waals surface area contributed by atoms with Crippen LogP contribution in [0.15, 0.2) is 35.5 Å². The molecule has 30 heavy (non-hydrogen) atoms. The molecular weight excluding hydrogens is 428 g/mol. The predicted octanol–water partition coefficient (Wildman–Crippen LogP) is 2.94. The third-order valence-corrected chi connectivity index (χ3v) is 6.58. The van der Waals surface area contributed by atoms with Gasteiger partial charge in [-0.05, 0) is 42.9 Å². The lowest BCUT2D eigenvalue weighted by atomic mass is 9.84.